The summed E-state index contributed by atoms with van der Waals surface area (Å²) in [7, 11) is 9.83. The van der Waals surface area contributed by atoms with Gasteiger partial charge in [0.2, 0.25) is 5.75 Å². The zero-order valence-corrected chi connectivity index (χ0v) is 21.9. The number of benzene rings is 2. The van der Waals surface area contributed by atoms with Crippen LogP contribution in [-0.4, -0.2) is 55.1 Å². The Bertz CT molecular complexity index is 852. The van der Waals surface area contributed by atoms with Gasteiger partial charge in [0.15, 0.2) is 29.0 Å². The molecule has 0 aromatic heterocycles. The van der Waals surface area contributed by atoms with Crippen LogP contribution in [0.25, 0.3) is 0 Å². The number of aryl methyl sites for hydroxylation is 1. The molecule has 178 valence electrons. The van der Waals surface area contributed by atoms with E-state index in [1.54, 1.807) is 42.6 Å². The normalized spacial score (nSPS) is 10.6. The minimum absolute atomic E-state index is 0. The highest BCUT2D eigenvalue weighted by Gasteiger charge is 2.13. The molecule has 0 atom stereocenters. The van der Waals surface area contributed by atoms with Crippen LogP contribution >= 0.6 is 24.0 Å². The Balaban J connectivity index is 0.00000512. The van der Waals surface area contributed by atoms with Crippen LogP contribution < -0.4 is 34.3 Å². The monoisotopic (exact) mass is 559 g/mol. The summed E-state index contributed by atoms with van der Waals surface area (Å²) < 4.78 is 26.8. The van der Waals surface area contributed by atoms with Gasteiger partial charge in [-0.15, -0.1) is 24.0 Å². The lowest BCUT2D eigenvalue weighted by atomic mass is 10.1. The first-order valence-electron chi connectivity index (χ1n) is 10.0. The fraction of sp³-hybridized carbons (Fsp3) is 0.435. The molecular formula is C23H34IN3O5. The number of aliphatic imine (C=N–C) groups is 1. The highest BCUT2D eigenvalue weighted by atomic mass is 127. The molecule has 0 unspecified atom stereocenters. The van der Waals surface area contributed by atoms with Crippen molar-refractivity contribution in [2.75, 3.05) is 49.1 Å². The predicted octanol–water partition coefficient (Wildman–Crippen LogP) is 3.65. The number of halogens is 1. The fourth-order valence-electron chi connectivity index (χ4n) is 3.18. The van der Waals surface area contributed by atoms with Crippen LogP contribution in [0.5, 0.6) is 28.7 Å². The number of hydrogen-bond donors (Lipinski definition) is 2. The maximum atomic E-state index is 5.41. The third-order valence-electron chi connectivity index (χ3n) is 4.79. The first-order valence-corrected chi connectivity index (χ1v) is 10.0. The molecule has 2 N–H and O–H groups in total. The van der Waals surface area contributed by atoms with Crippen molar-refractivity contribution < 1.29 is 23.7 Å². The second-order valence-corrected chi connectivity index (χ2v) is 6.68. The van der Waals surface area contributed by atoms with E-state index in [0.29, 0.717) is 23.8 Å². The number of nitrogens with zero attached hydrogens (tertiary/aromatic N) is 1. The van der Waals surface area contributed by atoms with Gasteiger partial charge in [0.1, 0.15) is 0 Å². The molecular weight excluding hydrogens is 525 g/mol. The standard InChI is InChI=1S/C23H33N3O5.HI/c1-24-23(25-11-7-8-16-9-10-18(27-2)19(12-16)28-3)26-15-17-13-20(29-4)22(31-6)21(14-17)30-5;/h9-10,12-14H,7-8,11,15H2,1-6H3,(H2,24,25,26);1H. The fourth-order valence-corrected chi connectivity index (χ4v) is 3.18. The average Bonchev–Trinajstić information content (AvgIpc) is 2.82. The molecule has 0 spiro atoms. The lowest BCUT2D eigenvalue weighted by molar-refractivity contribution is 0.323. The smallest absolute Gasteiger partial charge is 0.203 e. The summed E-state index contributed by atoms with van der Waals surface area (Å²) in [5.41, 5.74) is 2.18. The largest absolute Gasteiger partial charge is 0.493 e. The molecule has 8 nitrogen and oxygen atoms in total. The molecule has 0 radical (unpaired) electrons. The van der Waals surface area contributed by atoms with Gasteiger partial charge < -0.3 is 34.3 Å². The molecule has 32 heavy (non-hydrogen) atoms. The quantitative estimate of drug-likeness (QED) is 0.188. The molecule has 0 bridgehead atoms. The number of rotatable bonds is 11. The zero-order chi connectivity index (χ0) is 22.6. The van der Waals surface area contributed by atoms with Crippen molar-refractivity contribution in [2.45, 2.75) is 19.4 Å². The Morgan fingerprint density at radius 3 is 1.88 bits per heavy atom. The first kappa shape index (κ1) is 27.5. The molecule has 9 heteroatoms. The van der Waals surface area contributed by atoms with Gasteiger partial charge in [0, 0.05) is 20.1 Å². The number of methoxy groups -OCH3 is 5. The second-order valence-electron chi connectivity index (χ2n) is 6.68. The summed E-state index contributed by atoms with van der Waals surface area (Å²) in [6, 6.07) is 9.83. The van der Waals surface area contributed by atoms with E-state index in [1.807, 2.05) is 24.3 Å². The van der Waals surface area contributed by atoms with Gasteiger partial charge in [-0.05, 0) is 48.2 Å². The van der Waals surface area contributed by atoms with Crippen LogP contribution in [0.4, 0.5) is 0 Å². The topological polar surface area (TPSA) is 82.6 Å². The number of guanidine groups is 1. The number of nitrogens with one attached hydrogen (secondary N) is 2. The third-order valence-corrected chi connectivity index (χ3v) is 4.79. The van der Waals surface area contributed by atoms with E-state index in [-0.39, 0.29) is 24.0 Å². The SMILES string of the molecule is CN=C(NCCCc1ccc(OC)c(OC)c1)NCc1cc(OC)c(OC)c(OC)c1.I. The third kappa shape index (κ3) is 7.54. The molecule has 2 aromatic carbocycles. The molecule has 0 aliphatic heterocycles. The Morgan fingerprint density at radius 1 is 0.750 bits per heavy atom. The Kier molecular flexibility index (Phi) is 12.4. The van der Waals surface area contributed by atoms with E-state index >= 15 is 0 Å². The van der Waals surface area contributed by atoms with Crippen molar-refractivity contribution in [1.29, 1.82) is 0 Å². The summed E-state index contributed by atoms with van der Waals surface area (Å²) in [4.78, 5) is 4.29. The molecule has 0 aliphatic carbocycles. The first-order chi connectivity index (χ1) is 15.1. The number of ether oxygens (including phenoxy) is 5. The van der Waals surface area contributed by atoms with E-state index < -0.39 is 0 Å². The molecule has 0 aliphatic rings. The van der Waals surface area contributed by atoms with Crippen molar-refractivity contribution in [3.8, 4) is 28.7 Å². The maximum absolute atomic E-state index is 5.41. The average molecular weight is 559 g/mol. The minimum Gasteiger partial charge on any atom is -0.493 e. The molecule has 0 saturated heterocycles. The number of hydrogen-bond acceptors (Lipinski definition) is 6. The van der Waals surface area contributed by atoms with Crippen LogP contribution in [0.15, 0.2) is 35.3 Å². The summed E-state index contributed by atoms with van der Waals surface area (Å²) in [5.74, 6) is 4.03. The van der Waals surface area contributed by atoms with Gasteiger partial charge in [0.25, 0.3) is 0 Å². The van der Waals surface area contributed by atoms with Crippen LogP contribution in [0.3, 0.4) is 0 Å². The predicted molar refractivity (Wildman–Crippen MR) is 138 cm³/mol. The maximum Gasteiger partial charge on any atom is 0.203 e. The van der Waals surface area contributed by atoms with Gasteiger partial charge >= 0.3 is 0 Å². The molecule has 2 rings (SSSR count). The molecule has 2 aromatic rings. The van der Waals surface area contributed by atoms with Crippen molar-refractivity contribution in [1.82, 2.24) is 10.6 Å². The van der Waals surface area contributed by atoms with Crippen LogP contribution in [0.2, 0.25) is 0 Å². The van der Waals surface area contributed by atoms with Crippen molar-refractivity contribution in [3.05, 3.63) is 41.5 Å². The van der Waals surface area contributed by atoms with E-state index in [9.17, 15) is 0 Å². The summed E-state index contributed by atoms with van der Waals surface area (Å²) in [6.45, 7) is 1.34. The minimum atomic E-state index is 0. The second kappa shape index (κ2) is 14.5. The zero-order valence-electron chi connectivity index (χ0n) is 19.6. The molecule has 0 amide bonds. The summed E-state index contributed by atoms with van der Waals surface area (Å²) in [5, 5.41) is 6.64. The van der Waals surface area contributed by atoms with Crippen LogP contribution in [-0.2, 0) is 13.0 Å². The van der Waals surface area contributed by atoms with E-state index in [0.717, 1.165) is 42.4 Å². The van der Waals surface area contributed by atoms with Crippen molar-refractivity contribution in [2.24, 2.45) is 4.99 Å². The van der Waals surface area contributed by atoms with Crippen LogP contribution in [0.1, 0.15) is 17.5 Å². The van der Waals surface area contributed by atoms with Crippen molar-refractivity contribution in [3.63, 3.8) is 0 Å². The van der Waals surface area contributed by atoms with Gasteiger partial charge in [0.05, 0.1) is 35.5 Å². The molecule has 0 heterocycles. The van der Waals surface area contributed by atoms with E-state index in [1.165, 1.54) is 5.56 Å². The van der Waals surface area contributed by atoms with Gasteiger partial charge in [-0.3, -0.25) is 4.99 Å². The Labute approximate surface area is 207 Å². The van der Waals surface area contributed by atoms with E-state index in [2.05, 4.69) is 21.7 Å². The van der Waals surface area contributed by atoms with Gasteiger partial charge in [-0.25, -0.2) is 0 Å². The Hall–Kier alpha value is -2.56. The Morgan fingerprint density at radius 2 is 1.34 bits per heavy atom. The van der Waals surface area contributed by atoms with Gasteiger partial charge in [-0.1, -0.05) is 6.07 Å². The van der Waals surface area contributed by atoms with Gasteiger partial charge in [-0.2, -0.15) is 0 Å². The van der Waals surface area contributed by atoms with Crippen molar-refractivity contribution >= 4 is 29.9 Å². The summed E-state index contributed by atoms with van der Waals surface area (Å²) >= 11 is 0. The lowest BCUT2D eigenvalue weighted by Crippen LogP contribution is -2.37. The lowest BCUT2D eigenvalue weighted by Gasteiger charge is -2.16. The van der Waals surface area contributed by atoms with Crippen LogP contribution in [0, 0.1) is 0 Å². The highest BCUT2D eigenvalue weighted by Crippen LogP contribution is 2.38. The van der Waals surface area contributed by atoms with E-state index in [4.69, 9.17) is 23.7 Å². The molecule has 0 fully saturated rings. The molecule has 0 saturated carbocycles. The highest BCUT2D eigenvalue weighted by molar-refractivity contribution is 14.0. The summed E-state index contributed by atoms with van der Waals surface area (Å²) in [6.07, 6.45) is 1.86.